The van der Waals surface area contributed by atoms with Crippen LogP contribution in [0.15, 0.2) is 36.4 Å². The van der Waals surface area contributed by atoms with Gasteiger partial charge in [-0.05, 0) is 24.6 Å². The van der Waals surface area contributed by atoms with Crippen LogP contribution in [0.25, 0.3) is 0 Å². The summed E-state index contributed by atoms with van der Waals surface area (Å²) in [7, 11) is 0. The number of aliphatic hydroxyl groups is 6. The number of hydrogen-bond acceptors (Lipinski definition) is 14. The van der Waals surface area contributed by atoms with Crippen LogP contribution in [-0.2, 0) is 14.2 Å². The smallest absolute Gasteiger partial charge is 0.229 e. The van der Waals surface area contributed by atoms with E-state index in [0.717, 1.165) is 6.07 Å². The summed E-state index contributed by atoms with van der Waals surface area (Å²) >= 11 is 0. The van der Waals surface area contributed by atoms with E-state index in [1.165, 1.54) is 25.1 Å². The number of benzene rings is 2. The number of fused-ring (bicyclic) bond motifs is 1. The second-order valence-corrected chi connectivity index (χ2v) is 10.2. The molecular weight excluding hydrogens is 548 g/mol. The van der Waals surface area contributed by atoms with E-state index in [4.69, 9.17) is 23.7 Å². The molecule has 3 heterocycles. The lowest BCUT2D eigenvalue weighted by molar-refractivity contribution is -0.354. The second kappa shape index (κ2) is 11.7. The van der Waals surface area contributed by atoms with Crippen LogP contribution in [-0.4, -0.2) is 115 Å². The van der Waals surface area contributed by atoms with Crippen LogP contribution in [0.1, 0.15) is 35.4 Å². The van der Waals surface area contributed by atoms with Crippen LogP contribution in [0.4, 0.5) is 0 Å². The lowest BCUT2D eigenvalue weighted by atomic mass is 9.95. The molecule has 3 aliphatic heterocycles. The third-order valence-corrected chi connectivity index (χ3v) is 7.42. The molecule has 14 heteroatoms. The summed E-state index contributed by atoms with van der Waals surface area (Å²) in [4.78, 5) is 12.9. The van der Waals surface area contributed by atoms with Gasteiger partial charge in [-0.1, -0.05) is 12.1 Å². The Balaban J connectivity index is 1.41. The minimum absolute atomic E-state index is 0.0149. The van der Waals surface area contributed by atoms with Gasteiger partial charge in [0.05, 0.1) is 19.1 Å². The average Bonchev–Trinajstić information content (AvgIpc) is 2.94. The zero-order valence-electron chi connectivity index (χ0n) is 21.8. The van der Waals surface area contributed by atoms with Crippen molar-refractivity contribution < 1.29 is 69.3 Å². The van der Waals surface area contributed by atoms with Gasteiger partial charge >= 0.3 is 0 Å². The van der Waals surface area contributed by atoms with Crippen molar-refractivity contribution in [3.8, 4) is 23.0 Å². The molecule has 224 valence electrons. The van der Waals surface area contributed by atoms with Crippen molar-refractivity contribution in [1.82, 2.24) is 0 Å². The summed E-state index contributed by atoms with van der Waals surface area (Å²) in [6, 6.07) is 8.50. The summed E-state index contributed by atoms with van der Waals surface area (Å²) in [5, 5.41) is 81.6. The van der Waals surface area contributed by atoms with Gasteiger partial charge < -0.3 is 64.5 Å². The van der Waals surface area contributed by atoms with Crippen LogP contribution in [0.5, 0.6) is 23.0 Å². The van der Waals surface area contributed by atoms with Gasteiger partial charge in [0.25, 0.3) is 0 Å². The lowest BCUT2D eigenvalue weighted by Gasteiger charge is -2.45. The molecule has 0 radical (unpaired) electrons. The van der Waals surface area contributed by atoms with Crippen LogP contribution in [0, 0.1) is 0 Å². The molecule has 2 aromatic rings. The molecule has 11 atom stereocenters. The fourth-order valence-electron chi connectivity index (χ4n) is 5.07. The number of aliphatic hydroxyl groups excluding tert-OH is 6. The quantitative estimate of drug-likeness (QED) is 0.202. The molecule has 8 N–H and O–H groups in total. The second-order valence-electron chi connectivity index (χ2n) is 10.2. The Labute approximate surface area is 233 Å². The number of carbonyl (C=O) groups excluding carboxylic acids is 1. The molecule has 2 fully saturated rings. The molecule has 0 amide bonds. The number of phenols is 2. The zero-order chi connectivity index (χ0) is 29.6. The highest BCUT2D eigenvalue weighted by Gasteiger charge is 2.51. The Kier molecular flexibility index (Phi) is 8.39. The first-order valence-corrected chi connectivity index (χ1v) is 13.0. The van der Waals surface area contributed by atoms with Crippen LogP contribution < -0.4 is 9.47 Å². The van der Waals surface area contributed by atoms with Crippen molar-refractivity contribution >= 4 is 5.78 Å². The van der Waals surface area contributed by atoms with Crippen molar-refractivity contribution in [2.75, 3.05) is 6.61 Å². The van der Waals surface area contributed by atoms with Gasteiger partial charge in [0.15, 0.2) is 18.2 Å². The highest BCUT2D eigenvalue weighted by atomic mass is 16.8. The number of Topliss-reactive ketones (excluding diaryl/α,β-unsaturated/α-hetero) is 1. The van der Waals surface area contributed by atoms with Crippen molar-refractivity contribution in [2.45, 2.75) is 80.9 Å². The minimum atomic E-state index is -1.75. The first kappa shape index (κ1) is 29.4. The fraction of sp³-hybridized carbons (Fsp3) is 0.519. The Bertz CT molecular complexity index is 1240. The average molecular weight is 581 g/mol. The van der Waals surface area contributed by atoms with Crippen molar-refractivity contribution in [3.63, 3.8) is 0 Å². The third kappa shape index (κ3) is 5.70. The van der Waals surface area contributed by atoms with Gasteiger partial charge in [-0.2, -0.15) is 0 Å². The maximum Gasteiger partial charge on any atom is 0.229 e. The molecule has 0 aromatic heterocycles. The molecule has 2 saturated heterocycles. The van der Waals surface area contributed by atoms with E-state index in [1.54, 1.807) is 12.1 Å². The summed E-state index contributed by atoms with van der Waals surface area (Å²) < 4.78 is 28.6. The molecule has 0 aliphatic carbocycles. The lowest BCUT2D eigenvalue weighted by Crippen LogP contribution is -2.64. The molecule has 0 bridgehead atoms. The number of rotatable bonds is 6. The van der Waals surface area contributed by atoms with Gasteiger partial charge in [-0.25, -0.2) is 0 Å². The van der Waals surface area contributed by atoms with E-state index in [0.29, 0.717) is 5.56 Å². The Hall–Kier alpha value is -3.05. The zero-order valence-corrected chi connectivity index (χ0v) is 21.8. The fourth-order valence-corrected chi connectivity index (χ4v) is 5.07. The van der Waals surface area contributed by atoms with E-state index >= 15 is 0 Å². The van der Waals surface area contributed by atoms with E-state index in [9.17, 15) is 45.6 Å². The standard InChI is InChI=1S/C27H32O14/c1-10-20(32)22(34)24(36)26(37-10)41-25-23(35)21(33)18(9-28)40-27(25)38-13-6-14(30)19-15(31)8-16(39-17(19)7-13)11-2-4-12(29)5-3-11/h2-7,10,16,18,20-30,32-36H,8-9H2,1H3/t10-,16-,18+,20-,21+,22+,23-,24+,25+,26?,27+/m0/s1. The number of ketones is 1. The van der Waals surface area contributed by atoms with Crippen molar-refractivity contribution in [2.24, 2.45) is 0 Å². The first-order chi connectivity index (χ1) is 19.5. The van der Waals surface area contributed by atoms with Gasteiger partial charge in [-0.3, -0.25) is 4.79 Å². The molecule has 0 spiro atoms. The topological polar surface area (TPSA) is 225 Å². The summed E-state index contributed by atoms with van der Waals surface area (Å²) in [6.07, 6.45) is -16.0. The number of hydrogen-bond donors (Lipinski definition) is 8. The number of aromatic hydroxyl groups is 2. The van der Waals surface area contributed by atoms with Gasteiger partial charge in [-0.15, -0.1) is 0 Å². The highest BCUT2D eigenvalue weighted by molar-refractivity contribution is 6.02. The summed E-state index contributed by atoms with van der Waals surface area (Å²) in [5.41, 5.74) is 0.529. The number of ether oxygens (including phenoxy) is 5. The number of phenolic OH excluding ortho intramolecular Hbond substituents is 2. The third-order valence-electron chi connectivity index (χ3n) is 7.42. The van der Waals surface area contributed by atoms with Gasteiger partial charge in [0, 0.05) is 12.1 Å². The molecule has 5 rings (SSSR count). The Morgan fingerprint density at radius 1 is 0.878 bits per heavy atom. The predicted octanol–water partition coefficient (Wildman–Crippen LogP) is -1.17. The van der Waals surface area contributed by atoms with Crippen LogP contribution in [0.3, 0.4) is 0 Å². The summed E-state index contributed by atoms with van der Waals surface area (Å²) in [5.74, 6) is -0.947. The molecule has 2 aromatic carbocycles. The van der Waals surface area contributed by atoms with Crippen molar-refractivity contribution in [1.29, 1.82) is 0 Å². The predicted molar refractivity (Wildman–Crippen MR) is 134 cm³/mol. The normalized spacial score (nSPS) is 37.2. The Morgan fingerprint density at radius 2 is 1.59 bits per heavy atom. The maximum absolute atomic E-state index is 12.9. The molecular formula is C27H32O14. The largest absolute Gasteiger partial charge is 0.508 e. The monoisotopic (exact) mass is 580 g/mol. The van der Waals surface area contributed by atoms with Crippen molar-refractivity contribution in [3.05, 3.63) is 47.5 Å². The molecule has 14 nitrogen and oxygen atoms in total. The van der Waals surface area contributed by atoms with Gasteiger partial charge in [0.1, 0.15) is 71.3 Å². The van der Waals surface area contributed by atoms with Gasteiger partial charge in [0.2, 0.25) is 6.29 Å². The molecule has 3 aliphatic rings. The van der Waals surface area contributed by atoms with E-state index < -0.39 is 85.7 Å². The number of carbonyl (C=O) groups is 1. The minimum Gasteiger partial charge on any atom is -0.508 e. The molecule has 41 heavy (non-hydrogen) atoms. The Morgan fingerprint density at radius 3 is 2.27 bits per heavy atom. The van der Waals surface area contributed by atoms with Crippen LogP contribution in [0.2, 0.25) is 0 Å². The highest BCUT2D eigenvalue weighted by Crippen LogP contribution is 2.43. The van der Waals surface area contributed by atoms with E-state index in [1.807, 2.05) is 0 Å². The van der Waals surface area contributed by atoms with E-state index in [2.05, 4.69) is 0 Å². The SMILES string of the molecule is C[C@@H]1OC(O[C@H]2[C@H](Oc3cc(O)c4c(c3)O[C@H](c3ccc(O)cc3)CC4=O)O[C@H](CO)[C@@H](O)[C@@H]2O)[C@H](O)[C@H](O)[C@H]1O. The first-order valence-electron chi connectivity index (χ1n) is 13.0. The van der Waals surface area contributed by atoms with E-state index in [-0.39, 0.29) is 29.2 Å². The molecule has 0 saturated carbocycles. The summed E-state index contributed by atoms with van der Waals surface area (Å²) in [6.45, 7) is 0.716. The maximum atomic E-state index is 12.9. The molecule has 1 unspecified atom stereocenters. The van der Waals surface area contributed by atoms with Crippen LogP contribution >= 0.6 is 0 Å².